The molecule has 0 saturated heterocycles. The molecule has 36 heavy (non-hydrogen) atoms. The molecule has 0 aromatic carbocycles. The molecule has 3 unspecified atom stereocenters. The van der Waals surface area contributed by atoms with Crippen LogP contribution in [0.2, 0.25) is 0 Å². The molecule has 0 aliphatic heterocycles. The van der Waals surface area contributed by atoms with E-state index in [-0.39, 0.29) is 11.2 Å². The number of fused-ring (bicyclic) bond motifs is 1. The van der Waals surface area contributed by atoms with Crippen LogP contribution in [0, 0.1) is 22.7 Å². The summed E-state index contributed by atoms with van der Waals surface area (Å²) < 4.78 is 0. The van der Waals surface area contributed by atoms with E-state index in [1.165, 1.54) is 36.8 Å². The monoisotopic (exact) mass is 494 g/mol. The van der Waals surface area contributed by atoms with Gasteiger partial charge in [-0.2, -0.15) is 0 Å². The Morgan fingerprint density at radius 1 is 1.19 bits per heavy atom. The average Bonchev–Trinajstić information content (AvgIpc) is 3.16. The topological polar surface area (TPSA) is 57.5 Å². The minimum absolute atomic E-state index is 0.0717. The molecule has 0 aromatic rings. The fourth-order valence-corrected chi connectivity index (χ4v) is 5.96. The third-order valence-electron chi connectivity index (χ3n) is 8.25. The van der Waals surface area contributed by atoms with Crippen LogP contribution in [-0.4, -0.2) is 28.2 Å². The highest BCUT2D eigenvalue weighted by atomic mass is 16.3. The molecule has 0 amide bonds. The standard InChI is InChI=1S/C33H50O3/c1-8-13-28(31(36)32(4,5)6)30(35)18-11-16-26-21-22-29-25(15-12-23-33(26,29)7)20-19-24(3)14-10-17-27(34)9-2/h8-9,11,16,18-20,27-30,34-35H,1-2,10,12-15,17,21-23H2,3-7H3/b18-11+,24-19+,25-20+,26-16+/t27-,28+,29?,30?,33?/m1/s1. The van der Waals surface area contributed by atoms with Gasteiger partial charge in [0.1, 0.15) is 5.78 Å². The van der Waals surface area contributed by atoms with Crippen molar-refractivity contribution >= 4 is 5.78 Å². The maximum Gasteiger partial charge on any atom is 0.144 e. The number of hydrogen-bond donors (Lipinski definition) is 2. The fourth-order valence-electron chi connectivity index (χ4n) is 5.96. The highest BCUT2D eigenvalue weighted by Crippen LogP contribution is 2.57. The van der Waals surface area contributed by atoms with Crippen molar-refractivity contribution in [3.8, 4) is 0 Å². The first-order valence-electron chi connectivity index (χ1n) is 13.8. The maximum absolute atomic E-state index is 12.8. The molecule has 2 saturated carbocycles. The summed E-state index contributed by atoms with van der Waals surface area (Å²) in [5.74, 6) is 0.184. The molecule has 2 aliphatic carbocycles. The third kappa shape index (κ3) is 8.02. The predicted molar refractivity (Wildman–Crippen MR) is 153 cm³/mol. The van der Waals surface area contributed by atoms with Crippen molar-refractivity contribution in [2.24, 2.45) is 22.7 Å². The molecule has 2 fully saturated rings. The van der Waals surface area contributed by atoms with E-state index in [1.54, 1.807) is 23.8 Å². The van der Waals surface area contributed by atoms with Crippen LogP contribution in [0.5, 0.6) is 0 Å². The van der Waals surface area contributed by atoms with Gasteiger partial charge in [0.15, 0.2) is 0 Å². The summed E-state index contributed by atoms with van der Waals surface area (Å²) in [6.07, 6.45) is 21.8. The van der Waals surface area contributed by atoms with Crippen molar-refractivity contribution in [1.29, 1.82) is 0 Å². The average molecular weight is 495 g/mol. The first-order chi connectivity index (χ1) is 16.9. The number of aliphatic hydroxyl groups excluding tert-OH is 2. The van der Waals surface area contributed by atoms with Gasteiger partial charge in [0, 0.05) is 5.41 Å². The quantitative estimate of drug-likeness (QED) is 0.272. The van der Waals surface area contributed by atoms with Gasteiger partial charge in [-0.05, 0) is 76.0 Å². The molecule has 2 N–H and O–H groups in total. The van der Waals surface area contributed by atoms with Crippen molar-refractivity contribution in [2.45, 2.75) is 105 Å². The molecule has 2 rings (SSSR count). The van der Waals surface area contributed by atoms with Gasteiger partial charge in [-0.15, -0.1) is 13.2 Å². The molecule has 2 aliphatic rings. The smallest absolute Gasteiger partial charge is 0.144 e. The molecular weight excluding hydrogens is 444 g/mol. The number of ketones is 1. The Bertz CT molecular complexity index is 894. The molecule has 5 atom stereocenters. The second-order valence-corrected chi connectivity index (χ2v) is 12.1. The Morgan fingerprint density at radius 3 is 2.56 bits per heavy atom. The van der Waals surface area contributed by atoms with E-state index in [0.29, 0.717) is 12.3 Å². The maximum atomic E-state index is 12.8. The van der Waals surface area contributed by atoms with E-state index in [1.807, 2.05) is 26.8 Å². The van der Waals surface area contributed by atoms with Crippen molar-refractivity contribution in [2.75, 3.05) is 0 Å². The van der Waals surface area contributed by atoms with Crippen LogP contribution in [0.15, 0.2) is 72.4 Å². The Kier molecular flexibility index (Phi) is 11.4. The van der Waals surface area contributed by atoms with Crippen molar-refractivity contribution in [3.63, 3.8) is 0 Å². The molecular formula is C33H50O3. The zero-order chi connectivity index (χ0) is 26.9. The minimum atomic E-state index is -0.806. The molecule has 200 valence electrons. The van der Waals surface area contributed by atoms with Crippen LogP contribution < -0.4 is 0 Å². The molecule has 3 nitrogen and oxygen atoms in total. The third-order valence-corrected chi connectivity index (χ3v) is 8.25. The van der Waals surface area contributed by atoms with E-state index in [2.05, 4.69) is 45.2 Å². The number of carbonyl (C=O) groups excluding carboxylic acids is 1. The Morgan fingerprint density at radius 2 is 1.92 bits per heavy atom. The van der Waals surface area contributed by atoms with Gasteiger partial charge in [0.25, 0.3) is 0 Å². The minimum Gasteiger partial charge on any atom is -0.389 e. The van der Waals surface area contributed by atoms with Crippen LogP contribution in [-0.2, 0) is 4.79 Å². The van der Waals surface area contributed by atoms with Crippen LogP contribution in [0.3, 0.4) is 0 Å². The van der Waals surface area contributed by atoms with Crippen molar-refractivity contribution in [3.05, 3.63) is 72.4 Å². The Labute approximate surface area is 220 Å². The van der Waals surface area contributed by atoms with Gasteiger partial charge in [-0.3, -0.25) is 4.79 Å². The van der Waals surface area contributed by atoms with Crippen LogP contribution in [0.25, 0.3) is 0 Å². The fraction of sp³-hybridized carbons (Fsp3) is 0.606. The number of carbonyl (C=O) groups is 1. The summed E-state index contributed by atoms with van der Waals surface area (Å²) in [6, 6.07) is 0. The molecule has 0 bridgehead atoms. The largest absolute Gasteiger partial charge is 0.389 e. The zero-order valence-electron chi connectivity index (χ0n) is 23.4. The van der Waals surface area contributed by atoms with Gasteiger partial charge >= 0.3 is 0 Å². The summed E-state index contributed by atoms with van der Waals surface area (Å²) >= 11 is 0. The van der Waals surface area contributed by atoms with Crippen molar-refractivity contribution in [1.82, 2.24) is 0 Å². The zero-order valence-corrected chi connectivity index (χ0v) is 23.4. The summed E-state index contributed by atoms with van der Waals surface area (Å²) in [5, 5.41) is 20.5. The lowest BCUT2D eigenvalue weighted by molar-refractivity contribution is -0.132. The van der Waals surface area contributed by atoms with E-state index < -0.39 is 23.5 Å². The molecule has 3 heteroatoms. The van der Waals surface area contributed by atoms with Gasteiger partial charge in [0.2, 0.25) is 0 Å². The van der Waals surface area contributed by atoms with Crippen molar-refractivity contribution < 1.29 is 15.0 Å². The van der Waals surface area contributed by atoms with Gasteiger partial charge in [-0.1, -0.05) is 86.9 Å². The Balaban J connectivity index is 2.10. The van der Waals surface area contributed by atoms with Gasteiger partial charge in [0.05, 0.1) is 18.1 Å². The Hall–Kier alpha value is -1.97. The van der Waals surface area contributed by atoms with Gasteiger partial charge < -0.3 is 10.2 Å². The lowest BCUT2D eigenvalue weighted by Gasteiger charge is -2.39. The highest BCUT2D eigenvalue weighted by Gasteiger charge is 2.45. The van der Waals surface area contributed by atoms with Gasteiger partial charge in [-0.25, -0.2) is 0 Å². The lowest BCUT2D eigenvalue weighted by atomic mass is 9.65. The first-order valence-corrected chi connectivity index (χ1v) is 13.8. The van der Waals surface area contributed by atoms with E-state index in [0.717, 1.165) is 25.7 Å². The summed E-state index contributed by atoms with van der Waals surface area (Å²) in [6.45, 7) is 17.7. The summed E-state index contributed by atoms with van der Waals surface area (Å²) in [4.78, 5) is 12.8. The second-order valence-electron chi connectivity index (χ2n) is 12.1. The molecule has 0 radical (unpaired) electrons. The predicted octanol–water partition coefficient (Wildman–Crippen LogP) is 7.83. The van der Waals surface area contributed by atoms with E-state index >= 15 is 0 Å². The number of hydrogen-bond acceptors (Lipinski definition) is 3. The number of aliphatic hydroxyl groups is 2. The first kappa shape index (κ1) is 30.3. The van der Waals surface area contributed by atoms with Crippen LogP contribution in [0.4, 0.5) is 0 Å². The van der Waals surface area contributed by atoms with E-state index in [9.17, 15) is 15.0 Å². The van der Waals surface area contributed by atoms with E-state index in [4.69, 9.17) is 0 Å². The highest BCUT2D eigenvalue weighted by molar-refractivity contribution is 5.86. The number of allylic oxidation sites excluding steroid dienone is 8. The number of rotatable bonds is 12. The molecule has 0 aromatic heterocycles. The number of Topliss-reactive ketones (excluding diaryl/α,β-unsaturated/α-hetero) is 1. The van der Waals surface area contributed by atoms with Crippen LogP contribution in [0.1, 0.15) is 92.4 Å². The SMILES string of the molecule is C=CC[C@H](C(=O)C(C)(C)C)C(O)/C=C/C=C1\CCC2/C(=C/C=C(\C)CCC[C@H](O)C=C)CCCC12C. The molecule has 0 spiro atoms. The second kappa shape index (κ2) is 13.5. The summed E-state index contributed by atoms with van der Waals surface area (Å²) in [7, 11) is 0. The summed E-state index contributed by atoms with van der Waals surface area (Å²) in [5.41, 5.74) is 4.05. The molecule has 0 heterocycles. The lowest BCUT2D eigenvalue weighted by Crippen LogP contribution is -2.35. The normalized spacial score (nSPS) is 27.8. The van der Waals surface area contributed by atoms with Crippen LogP contribution >= 0.6 is 0 Å².